The molecule has 0 atom stereocenters. The standard InChI is InChI=1S/C20H20N4O2S/c21-13-15-5-1-2-6-17(15)23-18(25)9-12-27-19-8-7-16(14-22-19)20(26)24-10-3-4-11-24/h1-2,5-8,14H,3-4,9-12H2,(H,23,25). The van der Waals surface area contributed by atoms with E-state index < -0.39 is 0 Å². The highest BCUT2D eigenvalue weighted by molar-refractivity contribution is 7.99. The van der Waals surface area contributed by atoms with Crippen LogP contribution in [0.5, 0.6) is 0 Å². The zero-order chi connectivity index (χ0) is 19.1. The van der Waals surface area contributed by atoms with E-state index in [1.807, 2.05) is 11.0 Å². The molecule has 6 nitrogen and oxygen atoms in total. The largest absolute Gasteiger partial charge is 0.339 e. The van der Waals surface area contributed by atoms with Crippen LogP contribution >= 0.6 is 11.8 Å². The lowest BCUT2D eigenvalue weighted by molar-refractivity contribution is -0.115. The number of anilines is 1. The van der Waals surface area contributed by atoms with E-state index in [0.29, 0.717) is 29.0 Å². The van der Waals surface area contributed by atoms with Crippen LogP contribution in [0.25, 0.3) is 0 Å². The number of thioether (sulfide) groups is 1. The molecule has 1 aromatic heterocycles. The second kappa shape index (κ2) is 9.19. The highest BCUT2D eigenvalue weighted by Crippen LogP contribution is 2.19. The Kier molecular flexibility index (Phi) is 6.44. The molecule has 2 aromatic rings. The molecule has 0 saturated carbocycles. The molecule has 0 aliphatic carbocycles. The predicted molar refractivity (Wildman–Crippen MR) is 105 cm³/mol. The predicted octanol–water partition coefficient (Wildman–Crippen LogP) is 3.31. The van der Waals surface area contributed by atoms with Crippen molar-refractivity contribution >= 4 is 29.3 Å². The van der Waals surface area contributed by atoms with Crippen LogP contribution in [0, 0.1) is 11.3 Å². The molecule has 0 radical (unpaired) electrons. The Morgan fingerprint density at radius 1 is 1.19 bits per heavy atom. The first-order valence-electron chi connectivity index (χ1n) is 8.84. The second-order valence-corrected chi connectivity index (χ2v) is 7.30. The van der Waals surface area contributed by atoms with Crippen molar-refractivity contribution in [3.63, 3.8) is 0 Å². The number of amides is 2. The van der Waals surface area contributed by atoms with Crippen molar-refractivity contribution in [2.75, 3.05) is 24.2 Å². The van der Waals surface area contributed by atoms with Crippen LogP contribution in [0.1, 0.15) is 35.2 Å². The minimum atomic E-state index is -0.147. The van der Waals surface area contributed by atoms with Gasteiger partial charge in [-0.2, -0.15) is 5.26 Å². The maximum atomic E-state index is 12.3. The minimum absolute atomic E-state index is 0.0343. The number of aromatic nitrogens is 1. The summed E-state index contributed by atoms with van der Waals surface area (Å²) in [6.07, 6.45) is 4.04. The van der Waals surface area contributed by atoms with Crippen LogP contribution < -0.4 is 5.32 Å². The molecule has 1 saturated heterocycles. The number of carbonyl (C=O) groups excluding carboxylic acids is 2. The van der Waals surface area contributed by atoms with E-state index in [9.17, 15) is 9.59 Å². The van der Waals surface area contributed by atoms with Crippen molar-refractivity contribution in [1.82, 2.24) is 9.88 Å². The van der Waals surface area contributed by atoms with E-state index in [1.165, 1.54) is 11.8 Å². The lowest BCUT2D eigenvalue weighted by Gasteiger charge is -2.14. The summed E-state index contributed by atoms with van der Waals surface area (Å²) in [5.41, 5.74) is 1.57. The lowest BCUT2D eigenvalue weighted by atomic mass is 10.2. The molecular formula is C20H20N4O2S. The Morgan fingerprint density at radius 2 is 1.96 bits per heavy atom. The van der Waals surface area contributed by atoms with Crippen LogP contribution in [-0.2, 0) is 4.79 Å². The molecule has 7 heteroatoms. The number of likely N-dealkylation sites (tertiary alicyclic amines) is 1. The first kappa shape index (κ1) is 18.9. The minimum Gasteiger partial charge on any atom is -0.339 e. The van der Waals surface area contributed by atoms with E-state index in [1.54, 1.807) is 36.5 Å². The number of benzene rings is 1. The molecule has 3 rings (SSSR count). The molecule has 138 valence electrons. The molecule has 0 bridgehead atoms. The van der Waals surface area contributed by atoms with Crippen molar-refractivity contribution in [3.05, 3.63) is 53.7 Å². The van der Waals surface area contributed by atoms with E-state index in [-0.39, 0.29) is 11.8 Å². The fourth-order valence-electron chi connectivity index (χ4n) is 2.85. The van der Waals surface area contributed by atoms with Crippen LogP contribution in [0.2, 0.25) is 0 Å². The highest BCUT2D eigenvalue weighted by atomic mass is 32.2. The van der Waals surface area contributed by atoms with Gasteiger partial charge in [-0.15, -0.1) is 11.8 Å². The summed E-state index contributed by atoms with van der Waals surface area (Å²) in [5, 5.41) is 12.6. The Balaban J connectivity index is 1.47. The third-order valence-electron chi connectivity index (χ3n) is 4.28. The summed E-state index contributed by atoms with van der Waals surface area (Å²) in [4.78, 5) is 30.5. The van der Waals surface area contributed by atoms with Gasteiger partial charge in [0.25, 0.3) is 5.91 Å². The lowest BCUT2D eigenvalue weighted by Crippen LogP contribution is -2.27. The summed E-state index contributed by atoms with van der Waals surface area (Å²) >= 11 is 1.46. The van der Waals surface area contributed by atoms with E-state index >= 15 is 0 Å². The number of rotatable bonds is 6. The number of pyridine rings is 1. The molecule has 2 amide bonds. The van der Waals surface area contributed by atoms with Gasteiger partial charge < -0.3 is 10.2 Å². The van der Waals surface area contributed by atoms with Crippen molar-refractivity contribution in [2.24, 2.45) is 0 Å². The normalized spacial score (nSPS) is 13.2. The smallest absolute Gasteiger partial charge is 0.255 e. The van der Waals surface area contributed by atoms with Crippen LogP contribution in [0.4, 0.5) is 5.69 Å². The number of para-hydroxylation sites is 1. The summed E-state index contributed by atoms with van der Waals surface area (Å²) in [5.74, 6) is 0.450. The second-order valence-electron chi connectivity index (χ2n) is 6.19. The number of nitriles is 1. The Hall–Kier alpha value is -2.85. The zero-order valence-corrected chi connectivity index (χ0v) is 15.7. The molecule has 1 aromatic carbocycles. The van der Waals surface area contributed by atoms with Crippen molar-refractivity contribution in [2.45, 2.75) is 24.3 Å². The summed E-state index contributed by atoms with van der Waals surface area (Å²) < 4.78 is 0. The SMILES string of the molecule is N#Cc1ccccc1NC(=O)CCSc1ccc(C(=O)N2CCCC2)cn1. The highest BCUT2D eigenvalue weighted by Gasteiger charge is 2.19. The quantitative estimate of drug-likeness (QED) is 0.777. The molecule has 1 fully saturated rings. The van der Waals surface area contributed by atoms with E-state index in [4.69, 9.17) is 5.26 Å². The van der Waals surface area contributed by atoms with Gasteiger partial charge in [0.15, 0.2) is 0 Å². The number of nitrogens with zero attached hydrogens (tertiary/aromatic N) is 3. The third kappa shape index (κ3) is 5.08. The van der Waals surface area contributed by atoms with Crippen molar-refractivity contribution in [1.29, 1.82) is 5.26 Å². The monoisotopic (exact) mass is 380 g/mol. The van der Waals surface area contributed by atoms with Crippen molar-refractivity contribution < 1.29 is 9.59 Å². The van der Waals surface area contributed by atoms with Crippen LogP contribution in [-0.4, -0.2) is 40.5 Å². The number of hydrogen-bond acceptors (Lipinski definition) is 5. The number of nitrogens with one attached hydrogen (secondary N) is 1. The first-order chi connectivity index (χ1) is 13.2. The molecule has 1 aliphatic heterocycles. The Labute approximate surface area is 162 Å². The summed E-state index contributed by atoms with van der Waals surface area (Å²) in [6.45, 7) is 1.64. The van der Waals surface area contributed by atoms with Gasteiger partial charge in [0.05, 0.1) is 21.8 Å². The number of hydrogen-bond donors (Lipinski definition) is 1. The van der Waals surface area contributed by atoms with Crippen LogP contribution in [0.3, 0.4) is 0 Å². The van der Waals surface area contributed by atoms with Gasteiger partial charge in [-0.3, -0.25) is 9.59 Å². The molecule has 2 heterocycles. The third-order valence-corrected chi connectivity index (χ3v) is 5.22. The molecule has 27 heavy (non-hydrogen) atoms. The number of carbonyl (C=O) groups is 2. The molecular weight excluding hydrogens is 360 g/mol. The topological polar surface area (TPSA) is 86.1 Å². The van der Waals surface area contributed by atoms with Gasteiger partial charge >= 0.3 is 0 Å². The maximum absolute atomic E-state index is 12.3. The van der Waals surface area contributed by atoms with Crippen molar-refractivity contribution in [3.8, 4) is 6.07 Å². The fraction of sp³-hybridized carbons (Fsp3) is 0.300. The molecule has 1 aliphatic rings. The average Bonchev–Trinajstić information content (AvgIpc) is 3.23. The molecule has 1 N–H and O–H groups in total. The molecule has 0 spiro atoms. The Morgan fingerprint density at radius 3 is 2.67 bits per heavy atom. The maximum Gasteiger partial charge on any atom is 0.255 e. The van der Waals surface area contributed by atoms with E-state index in [0.717, 1.165) is 31.0 Å². The average molecular weight is 380 g/mol. The zero-order valence-electron chi connectivity index (χ0n) is 14.9. The van der Waals surface area contributed by atoms with Gasteiger partial charge in [-0.05, 0) is 37.1 Å². The first-order valence-corrected chi connectivity index (χ1v) is 9.83. The van der Waals surface area contributed by atoms with Gasteiger partial charge in [0.1, 0.15) is 6.07 Å². The molecule has 0 unspecified atom stereocenters. The summed E-state index contributed by atoms with van der Waals surface area (Å²) in [6, 6.07) is 12.6. The van der Waals surface area contributed by atoms with Crippen LogP contribution in [0.15, 0.2) is 47.6 Å². The van der Waals surface area contributed by atoms with Gasteiger partial charge in [0, 0.05) is 31.5 Å². The van der Waals surface area contributed by atoms with Gasteiger partial charge in [-0.25, -0.2) is 4.98 Å². The van der Waals surface area contributed by atoms with Gasteiger partial charge in [-0.1, -0.05) is 12.1 Å². The summed E-state index contributed by atoms with van der Waals surface area (Å²) in [7, 11) is 0. The van der Waals surface area contributed by atoms with E-state index in [2.05, 4.69) is 16.4 Å². The Bertz CT molecular complexity index is 855. The van der Waals surface area contributed by atoms with Gasteiger partial charge in [0.2, 0.25) is 5.91 Å². The fourth-order valence-corrected chi connectivity index (χ4v) is 3.63.